The van der Waals surface area contributed by atoms with Crippen molar-refractivity contribution in [3.05, 3.63) is 65.7 Å². The van der Waals surface area contributed by atoms with Gasteiger partial charge in [0, 0.05) is 37.8 Å². The van der Waals surface area contributed by atoms with E-state index in [-0.39, 0.29) is 11.3 Å². The van der Waals surface area contributed by atoms with Crippen LogP contribution in [0.4, 0.5) is 5.69 Å². The molecule has 172 valence electrons. The SMILES string of the molecule is CCN(CC)c1ccc(CN2CCC3(CC2)C[C@@H]3C(=O)NCCCc2ccccc2)cc1. The van der Waals surface area contributed by atoms with Gasteiger partial charge in [-0.15, -0.1) is 0 Å². The maximum Gasteiger partial charge on any atom is 0.223 e. The van der Waals surface area contributed by atoms with Gasteiger partial charge in [-0.3, -0.25) is 9.69 Å². The standard InChI is InChI=1S/C28H39N3O/c1-3-31(4-2)25-14-12-24(13-15-25)22-30-19-16-28(17-20-30)21-26(28)27(32)29-18-8-11-23-9-6-5-7-10-23/h5-7,9-10,12-15,26H,3-4,8,11,16-22H2,1-2H3,(H,29,32)/t26-/m1/s1. The molecule has 1 saturated heterocycles. The lowest BCUT2D eigenvalue weighted by atomic mass is 9.90. The summed E-state index contributed by atoms with van der Waals surface area (Å²) in [6.07, 6.45) is 5.45. The molecule has 1 heterocycles. The van der Waals surface area contributed by atoms with Gasteiger partial charge in [0.1, 0.15) is 0 Å². The summed E-state index contributed by atoms with van der Waals surface area (Å²) in [6.45, 7) is 10.5. The van der Waals surface area contributed by atoms with Gasteiger partial charge >= 0.3 is 0 Å². The highest BCUT2D eigenvalue weighted by molar-refractivity contribution is 5.82. The monoisotopic (exact) mass is 433 g/mol. The van der Waals surface area contributed by atoms with E-state index in [2.05, 4.69) is 77.5 Å². The minimum Gasteiger partial charge on any atom is -0.372 e. The number of nitrogens with one attached hydrogen (secondary N) is 1. The molecule has 4 rings (SSSR count). The van der Waals surface area contributed by atoms with Crippen LogP contribution >= 0.6 is 0 Å². The van der Waals surface area contributed by atoms with Gasteiger partial charge in [-0.2, -0.15) is 0 Å². The summed E-state index contributed by atoms with van der Waals surface area (Å²) in [6, 6.07) is 19.6. The Bertz CT molecular complexity index is 852. The van der Waals surface area contributed by atoms with Crippen LogP contribution in [0.1, 0.15) is 50.7 Å². The van der Waals surface area contributed by atoms with Crippen LogP contribution in [-0.2, 0) is 17.8 Å². The first kappa shape index (κ1) is 22.8. The zero-order chi connectivity index (χ0) is 22.4. The second-order valence-corrected chi connectivity index (χ2v) is 9.61. The topological polar surface area (TPSA) is 35.6 Å². The summed E-state index contributed by atoms with van der Waals surface area (Å²) in [5, 5.41) is 3.20. The minimum absolute atomic E-state index is 0.245. The van der Waals surface area contributed by atoms with Crippen molar-refractivity contribution in [3.63, 3.8) is 0 Å². The number of nitrogens with zero attached hydrogens (tertiary/aromatic N) is 2. The fourth-order valence-electron chi connectivity index (χ4n) is 5.36. The molecule has 2 aliphatic rings. The van der Waals surface area contributed by atoms with Crippen molar-refractivity contribution < 1.29 is 4.79 Å². The number of carbonyl (C=O) groups excluding carboxylic acids is 1. The van der Waals surface area contributed by atoms with Crippen molar-refractivity contribution in [2.45, 2.75) is 52.5 Å². The number of rotatable bonds is 10. The third-order valence-corrected chi connectivity index (χ3v) is 7.61. The Morgan fingerprint density at radius 1 is 1.00 bits per heavy atom. The average molecular weight is 434 g/mol. The van der Waals surface area contributed by atoms with Gasteiger partial charge in [-0.1, -0.05) is 42.5 Å². The van der Waals surface area contributed by atoms with Crippen molar-refractivity contribution >= 4 is 11.6 Å². The van der Waals surface area contributed by atoms with Crippen LogP contribution in [0.3, 0.4) is 0 Å². The normalized spacial score (nSPS) is 19.6. The second-order valence-electron chi connectivity index (χ2n) is 9.61. The van der Waals surface area contributed by atoms with Gasteiger partial charge in [-0.05, 0) is 87.7 Å². The lowest BCUT2D eigenvalue weighted by Crippen LogP contribution is -2.37. The summed E-state index contributed by atoms with van der Waals surface area (Å²) in [4.78, 5) is 17.6. The number of aryl methyl sites for hydroxylation is 1. The fraction of sp³-hybridized carbons (Fsp3) is 0.536. The average Bonchev–Trinajstić information content (AvgIpc) is 3.54. The Morgan fingerprint density at radius 3 is 2.34 bits per heavy atom. The zero-order valence-corrected chi connectivity index (χ0v) is 19.9. The summed E-state index contributed by atoms with van der Waals surface area (Å²) in [5.74, 6) is 0.535. The minimum atomic E-state index is 0.245. The fourth-order valence-corrected chi connectivity index (χ4v) is 5.36. The number of anilines is 1. The van der Waals surface area contributed by atoms with E-state index >= 15 is 0 Å². The molecule has 2 aromatic rings. The van der Waals surface area contributed by atoms with E-state index in [9.17, 15) is 4.79 Å². The number of carbonyl (C=O) groups is 1. The Labute approximate surface area is 194 Å². The number of benzene rings is 2. The number of piperidine rings is 1. The van der Waals surface area contributed by atoms with Crippen molar-refractivity contribution in [2.24, 2.45) is 11.3 Å². The van der Waals surface area contributed by atoms with Gasteiger partial charge in [0.2, 0.25) is 5.91 Å². The molecule has 32 heavy (non-hydrogen) atoms. The first-order chi connectivity index (χ1) is 15.6. The lowest BCUT2D eigenvalue weighted by molar-refractivity contribution is -0.123. The van der Waals surface area contributed by atoms with Gasteiger partial charge in [0.25, 0.3) is 0 Å². The second kappa shape index (κ2) is 10.5. The molecule has 1 aliphatic carbocycles. The largest absolute Gasteiger partial charge is 0.372 e. The molecule has 0 unspecified atom stereocenters. The van der Waals surface area contributed by atoms with Crippen LogP contribution in [0.2, 0.25) is 0 Å². The molecular weight excluding hydrogens is 394 g/mol. The molecule has 4 heteroatoms. The van der Waals surface area contributed by atoms with E-state index in [1.165, 1.54) is 16.8 Å². The van der Waals surface area contributed by atoms with E-state index in [1.807, 2.05) is 6.07 Å². The van der Waals surface area contributed by atoms with Crippen LogP contribution < -0.4 is 10.2 Å². The van der Waals surface area contributed by atoms with Crippen LogP contribution in [0.25, 0.3) is 0 Å². The molecule has 0 aromatic heterocycles. The number of likely N-dealkylation sites (tertiary alicyclic amines) is 1. The molecule has 2 fully saturated rings. The molecule has 1 amide bonds. The van der Waals surface area contributed by atoms with Crippen molar-refractivity contribution in [3.8, 4) is 0 Å². The van der Waals surface area contributed by atoms with Gasteiger partial charge in [-0.25, -0.2) is 0 Å². The van der Waals surface area contributed by atoms with E-state index in [4.69, 9.17) is 0 Å². The van der Waals surface area contributed by atoms with Crippen LogP contribution in [-0.4, -0.2) is 43.5 Å². The number of hydrogen-bond donors (Lipinski definition) is 1. The molecule has 4 nitrogen and oxygen atoms in total. The summed E-state index contributed by atoms with van der Waals surface area (Å²) in [5.41, 5.74) is 4.33. The van der Waals surface area contributed by atoms with E-state index in [1.54, 1.807) is 0 Å². The Hall–Kier alpha value is -2.33. The molecule has 0 radical (unpaired) electrons. The van der Waals surface area contributed by atoms with E-state index in [0.29, 0.717) is 5.91 Å². The van der Waals surface area contributed by atoms with Crippen molar-refractivity contribution in [1.29, 1.82) is 0 Å². The highest BCUT2D eigenvalue weighted by Gasteiger charge is 2.58. The molecule has 1 aliphatic heterocycles. The molecule has 0 bridgehead atoms. The Balaban J connectivity index is 1.17. The van der Waals surface area contributed by atoms with Gasteiger partial charge < -0.3 is 10.2 Å². The van der Waals surface area contributed by atoms with Crippen molar-refractivity contribution in [1.82, 2.24) is 10.2 Å². The van der Waals surface area contributed by atoms with Crippen LogP contribution in [0.15, 0.2) is 54.6 Å². The highest BCUT2D eigenvalue weighted by atomic mass is 16.2. The summed E-state index contributed by atoms with van der Waals surface area (Å²) >= 11 is 0. The maximum atomic E-state index is 12.7. The first-order valence-electron chi connectivity index (χ1n) is 12.5. The highest BCUT2D eigenvalue weighted by Crippen LogP contribution is 2.59. The third kappa shape index (κ3) is 5.53. The molecule has 1 atom stereocenters. The third-order valence-electron chi connectivity index (χ3n) is 7.61. The lowest BCUT2D eigenvalue weighted by Gasteiger charge is -2.33. The number of amides is 1. The van der Waals surface area contributed by atoms with Gasteiger partial charge in [0.15, 0.2) is 0 Å². The quantitative estimate of drug-likeness (QED) is 0.542. The van der Waals surface area contributed by atoms with Crippen molar-refractivity contribution in [2.75, 3.05) is 37.6 Å². The maximum absolute atomic E-state index is 12.7. The van der Waals surface area contributed by atoms with E-state index in [0.717, 1.165) is 71.4 Å². The summed E-state index contributed by atoms with van der Waals surface area (Å²) < 4.78 is 0. The van der Waals surface area contributed by atoms with E-state index < -0.39 is 0 Å². The van der Waals surface area contributed by atoms with Crippen LogP contribution in [0, 0.1) is 11.3 Å². The zero-order valence-electron chi connectivity index (χ0n) is 19.9. The predicted molar refractivity (Wildman–Crippen MR) is 133 cm³/mol. The predicted octanol–water partition coefficient (Wildman–Crippen LogP) is 4.88. The molecule has 2 aromatic carbocycles. The molecular formula is C28H39N3O. The Morgan fingerprint density at radius 2 is 1.69 bits per heavy atom. The summed E-state index contributed by atoms with van der Waals surface area (Å²) in [7, 11) is 0. The number of hydrogen-bond acceptors (Lipinski definition) is 3. The molecule has 1 N–H and O–H groups in total. The van der Waals surface area contributed by atoms with Gasteiger partial charge in [0.05, 0.1) is 0 Å². The molecule has 1 saturated carbocycles. The molecule has 1 spiro atoms. The van der Waals surface area contributed by atoms with Crippen LogP contribution in [0.5, 0.6) is 0 Å². The Kier molecular flexibility index (Phi) is 7.51. The first-order valence-corrected chi connectivity index (χ1v) is 12.5. The smallest absolute Gasteiger partial charge is 0.223 e.